The normalized spacial score (nSPS) is 16.8. The van der Waals surface area contributed by atoms with Gasteiger partial charge in [0.1, 0.15) is 11.4 Å². The van der Waals surface area contributed by atoms with Gasteiger partial charge in [0.25, 0.3) is 11.8 Å². The summed E-state index contributed by atoms with van der Waals surface area (Å²) in [5, 5.41) is 33.1. The van der Waals surface area contributed by atoms with Gasteiger partial charge in [-0.3, -0.25) is 19.5 Å². The number of ether oxygens (including phenoxy) is 1. The van der Waals surface area contributed by atoms with Gasteiger partial charge in [-0.25, -0.2) is 9.67 Å². The SMILES string of the molecule is Nc1noc2cc(CC(O)(CNC(=O)c3ccccc3O)[C@H]3OCCN(c4ccn(-c5ccncc5)n4)C3=O)cnc12. The Balaban J connectivity index is 1.30. The van der Waals surface area contributed by atoms with Crippen LogP contribution in [0.4, 0.5) is 11.6 Å². The van der Waals surface area contributed by atoms with Gasteiger partial charge in [0.2, 0.25) is 0 Å². The number of anilines is 2. The number of carbonyl (C=O) groups excluding carboxylic acids is 2. The van der Waals surface area contributed by atoms with Gasteiger partial charge in [-0.15, -0.1) is 5.10 Å². The second kappa shape index (κ2) is 10.9. The molecule has 0 spiro atoms. The van der Waals surface area contributed by atoms with Crippen molar-refractivity contribution in [2.24, 2.45) is 0 Å². The average Bonchev–Trinajstić information content (AvgIpc) is 3.64. The van der Waals surface area contributed by atoms with Crippen LogP contribution in [0.15, 0.2) is 77.8 Å². The lowest BCUT2D eigenvalue weighted by Gasteiger charge is -2.40. The molecule has 0 aliphatic carbocycles. The number of aliphatic hydroxyl groups is 1. The fourth-order valence-electron chi connectivity index (χ4n) is 4.88. The van der Waals surface area contributed by atoms with Crippen molar-refractivity contribution in [2.45, 2.75) is 18.1 Å². The molecule has 14 nitrogen and oxygen atoms in total. The van der Waals surface area contributed by atoms with Crippen LogP contribution in [-0.4, -0.2) is 78.3 Å². The highest BCUT2D eigenvalue weighted by molar-refractivity contribution is 5.98. The molecule has 0 saturated carbocycles. The molecule has 2 atom stereocenters. The first kappa shape index (κ1) is 26.9. The summed E-state index contributed by atoms with van der Waals surface area (Å²) in [5.41, 5.74) is 5.73. The number of aromatic nitrogens is 5. The molecule has 4 aromatic heterocycles. The summed E-state index contributed by atoms with van der Waals surface area (Å²) in [6, 6.07) is 12.8. The summed E-state index contributed by atoms with van der Waals surface area (Å²) < 4.78 is 12.7. The maximum absolute atomic E-state index is 13.9. The van der Waals surface area contributed by atoms with Crippen molar-refractivity contribution in [2.75, 3.05) is 30.3 Å². The molecule has 42 heavy (non-hydrogen) atoms. The number of morpholine rings is 1. The number of nitrogen functional groups attached to an aromatic ring is 1. The maximum Gasteiger partial charge on any atom is 0.260 e. The zero-order valence-corrected chi connectivity index (χ0v) is 22.1. The zero-order valence-electron chi connectivity index (χ0n) is 22.1. The summed E-state index contributed by atoms with van der Waals surface area (Å²) in [4.78, 5) is 36.5. The monoisotopic (exact) mass is 570 g/mol. The van der Waals surface area contributed by atoms with E-state index in [0.717, 1.165) is 5.69 Å². The Hall–Kier alpha value is -5.34. The van der Waals surface area contributed by atoms with Crippen LogP contribution in [0.25, 0.3) is 16.8 Å². The Morgan fingerprint density at radius 2 is 2.00 bits per heavy atom. The minimum absolute atomic E-state index is 0.0132. The van der Waals surface area contributed by atoms with Gasteiger partial charge < -0.3 is 30.5 Å². The van der Waals surface area contributed by atoms with E-state index in [4.69, 9.17) is 15.0 Å². The molecule has 6 rings (SSSR count). The van der Waals surface area contributed by atoms with Crippen molar-refractivity contribution in [3.63, 3.8) is 0 Å². The van der Waals surface area contributed by atoms with E-state index in [0.29, 0.717) is 22.5 Å². The van der Waals surface area contributed by atoms with Gasteiger partial charge in [-0.05, 0) is 35.9 Å². The molecule has 214 valence electrons. The molecule has 5 heterocycles. The van der Waals surface area contributed by atoms with E-state index in [9.17, 15) is 19.8 Å². The fraction of sp³-hybridized carbons (Fsp3) is 0.214. The molecular formula is C28H26N8O6. The van der Waals surface area contributed by atoms with E-state index < -0.39 is 30.1 Å². The number of nitrogens with two attached hydrogens (primary N) is 1. The highest BCUT2D eigenvalue weighted by Crippen LogP contribution is 2.29. The first-order valence-electron chi connectivity index (χ1n) is 13.0. The van der Waals surface area contributed by atoms with E-state index >= 15 is 0 Å². The van der Waals surface area contributed by atoms with E-state index in [-0.39, 0.29) is 36.7 Å². The number of phenols is 1. The van der Waals surface area contributed by atoms with E-state index in [1.54, 1.807) is 59.7 Å². The number of nitrogens with one attached hydrogen (secondary N) is 1. The van der Waals surface area contributed by atoms with Crippen LogP contribution in [0.5, 0.6) is 5.75 Å². The number of hydrogen-bond acceptors (Lipinski definition) is 11. The third-order valence-corrected chi connectivity index (χ3v) is 6.96. The Morgan fingerprint density at radius 1 is 1.19 bits per heavy atom. The average molecular weight is 571 g/mol. The van der Waals surface area contributed by atoms with Gasteiger partial charge in [-0.2, -0.15) is 0 Å². The number of hydrogen-bond donors (Lipinski definition) is 4. The van der Waals surface area contributed by atoms with Gasteiger partial charge >= 0.3 is 0 Å². The Morgan fingerprint density at radius 3 is 2.81 bits per heavy atom. The van der Waals surface area contributed by atoms with Gasteiger partial charge in [0, 0.05) is 37.3 Å². The first-order valence-corrected chi connectivity index (χ1v) is 13.0. The van der Waals surface area contributed by atoms with E-state index in [1.165, 1.54) is 23.2 Å². The summed E-state index contributed by atoms with van der Waals surface area (Å²) in [7, 11) is 0. The molecule has 2 amide bonds. The highest BCUT2D eigenvalue weighted by Gasteiger charge is 2.47. The number of para-hydroxylation sites is 1. The topological polar surface area (TPSA) is 195 Å². The van der Waals surface area contributed by atoms with Gasteiger partial charge in [0.15, 0.2) is 28.8 Å². The van der Waals surface area contributed by atoms with Crippen molar-refractivity contribution in [1.82, 2.24) is 30.2 Å². The van der Waals surface area contributed by atoms with Crippen molar-refractivity contribution >= 4 is 34.5 Å². The van der Waals surface area contributed by atoms with Crippen molar-refractivity contribution in [3.05, 3.63) is 84.4 Å². The lowest BCUT2D eigenvalue weighted by atomic mass is 9.87. The number of fused-ring (bicyclic) bond motifs is 1. The predicted molar refractivity (Wildman–Crippen MR) is 149 cm³/mol. The number of carbonyl (C=O) groups is 2. The second-order valence-electron chi connectivity index (χ2n) is 9.80. The van der Waals surface area contributed by atoms with E-state index in [1.807, 2.05) is 0 Å². The summed E-state index contributed by atoms with van der Waals surface area (Å²) in [5.74, 6) is -0.921. The number of nitrogens with zero attached hydrogens (tertiary/aromatic N) is 6. The zero-order chi connectivity index (χ0) is 29.3. The molecule has 1 aliphatic rings. The molecule has 14 heteroatoms. The molecule has 5 aromatic rings. The molecule has 1 fully saturated rings. The Bertz CT molecular complexity index is 1760. The molecular weight excluding hydrogens is 544 g/mol. The van der Waals surface area contributed by atoms with Crippen LogP contribution in [0, 0.1) is 0 Å². The van der Waals surface area contributed by atoms with Crippen LogP contribution < -0.4 is 16.0 Å². The standard InChI is InChI=1S/C28H26N8O6/c29-25-23-21(42-34-25)13-17(15-31-23)14-28(40,16-32-26(38)19-3-1-2-4-20(19)37)24-27(39)35(11-12-41-24)22-7-10-36(33-22)18-5-8-30-9-6-18/h1-10,13,15,24,37,40H,11-12,14,16H2,(H2,29,34)(H,32,38)/t24-,28?/m0/s1. The molecule has 0 bridgehead atoms. The molecule has 1 saturated heterocycles. The third kappa shape index (κ3) is 5.11. The smallest absolute Gasteiger partial charge is 0.260 e. The summed E-state index contributed by atoms with van der Waals surface area (Å²) in [6.45, 7) is -0.0928. The predicted octanol–water partition coefficient (Wildman–Crippen LogP) is 1.23. The lowest BCUT2D eigenvalue weighted by molar-refractivity contribution is -0.157. The fourth-order valence-corrected chi connectivity index (χ4v) is 4.88. The number of benzene rings is 1. The minimum Gasteiger partial charge on any atom is -0.507 e. The van der Waals surface area contributed by atoms with Crippen LogP contribution in [0.3, 0.4) is 0 Å². The van der Waals surface area contributed by atoms with Crippen LogP contribution in [0.2, 0.25) is 0 Å². The molecule has 1 aliphatic heterocycles. The Labute approximate surface area is 238 Å². The molecule has 1 unspecified atom stereocenters. The minimum atomic E-state index is -1.95. The summed E-state index contributed by atoms with van der Waals surface area (Å²) >= 11 is 0. The van der Waals surface area contributed by atoms with Crippen molar-refractivity contribution in [3.8, 4) is 11.4 Å². The second-order valence-corrected chi connectivity index (χ2v) is 9.80. The van der Waals surface area contributed by atoms with Crippen LogP contribution in [-0.2, 0) is 16.0 Å². The maximum atomic E-state index is 13.9. The summed E-state index contributed by atoms with van der Waals surface area (Å²) in [6.07, 6.45) is 4.91. The van der Waals surface area contributed by atoms with Crippen molar-refractivity contribution < 1.29 is 29.1 Å². The van der Waals surface area contributed by atoms with Crippen LogP contribution in [0.1, 0.15) is 15.9 Å². The number of phenolic OH excluding ortho intramolecular Hbond substituents is 1. The molecule has 1 aromatic carbocycles. The Kier molecular flexibility index (Phi) is 6.98. The van der Waals surface area contributed by atoms with Gasteiger partial charge in [0.05, 0.1) is 30.9 Å². The number of pyridine rings is 2. The lowest BCUT2D eigenvalue weighted by Crippen LogP contribution is -2.63. The third-order valence-electron chi connectivity index (χ3n) is 6.96. The number of amides is 2. The molecule has 5 N–H and O–H groups in total. The van der Waals surface area contributed by atoms with Crippen molar-refractivity contribution in [1.29, 1.82) is 0 Å². The highest BCUT2D eigenvalue weighted by atomic mass is 16.5. The first-order chi connectivity index (χ1) is 20.3. The van der Waals surface area contributed by atoms with E-state index in [2.05, 4.69) is 25.5 Å². The van der Waals surface area contributed by atoms with Gasteiger partial charge in [-0.1, -0.05) is 17.3 Å². The largest absolute Gasteiger partial charge is 0.507 e. The molecule has 0 radical (unpaired) electrons. The number of aromatic hydroxyl groups is 1. The number of rotatable bonds is 8. The van der Waals surface area contributed by atoms with Crippen LogP contribution >= 0.6 is 0 Å². The quantitative estimate of drug-likeness (QED) is 0.209.